The van der Waals surface area contributed by atoms with Gasteiger partial charge in [0.05, 0.1) is 41.3 Å². The number of carbonyl (C=O) groups is 3. The molecule has 2 bridgehead atoms. The molecule has 3 heterocycles. The zero-order valence-corrected chi connectivity index (χ0v) is 24.1. The molecule has 0 radical (unpaired) electrons. The minimum absolute atomic E-state index is 0.155. The van der Waals surface area contributed by atoms with Crippen molar-refractivity contribution in [2.24, 2.45) is 11.8 Å². The maximum absolute atomic E-state index is 14.5. The summed E-state index contributed by atoms with van der Waals surface area (Å²) in [6.45, 7) is 12.0. The summed E-state index contributed by atoms with van der Waals surface area (Å²) in [5, 5.41) is 10.5. The largest absolute Gasteiger partial charge is 0.394 e. The summed E-state index contributed by atoms with van der Waals surface area (Å²) in [5.74, 6) is -2.53. The first-order valence-corrected chi connectivity index (χ1v) is 14.3. The van der Waals surface area contributed by atoms with Crippen LogP contribution in [0.25, 0.3) is 0 Å². The average molecular weight is 609 g/mol. The number of para-hydroxylation sites is 1. The van der Waals surface area contributed by atoms with Crippen LogP contribution >= 0.6 is 27.5 Å². The van der Waals surface area contributed by atoms with E-state index in [4.69, 9.17) is 16.3 Å². The van der Waals surface area contributed by atoms with Crippen molar-refractivity contribution in [2.75, 3.05) is 31.1 Å². The van der Waals surface area contributed by atoms with E-state index in [9.17, 15) is 19.5 Å². The molecule has 4 rings (SSSR count). The van der Waals surface area contributed by atoms with Gasteiger partial charge in [-0.3, -0.25) is 14.4 Å². The summed E-state index contributed by atoms with van der Waals surface area (Å²) in [4.78, 5) is 46.9. The van der Waals surface area contributed by atoms with E-state index in [1.165, 1.54) is 9.80 Å². The van der Waals surface area contributed by atoms with Crippen molar-refractivity contribution in [1.29, 1.82) is 0 Å². The Morgan fingerprint density at radius 1 is 1.29 bits per heavy atom. The molecule has 38 heavy (non-hydrogen) atoms. The number of fused-ring (bicyclic) bond motifs is 1. The fourth-order valence-electron chi connectivity index (χ4n) is 6.37. The topological polar surface area (TPSA) is 90.4 Å². The predicted octanol–water partition coefficient (Wildman–Crippen LogP) is 3.41. The average Bonchev–Trinajstić information content (AvgIpc) is 3.49. The second-order valence-corrected chi connectivity index (χ2v) is 11.8. The Bertz CT molecular complexity index is 1120. The van der Waals surface area contributed by atoms with Gasteiger partial charge in [0, 0.05) is 24.5 Å². The van der Waals surface area contributed by atoms with Crippen molar-refractivity contribution in [3.8, 4) is 0 Å². The lowest BCUT2D eigenvalue weighted by Gasteiger charge is -2.38. The molecule has 3 saturated heterocycles. The van der Waals surface area contributed by atoms with E-state index >= 15 is 0 Å². The molecule has 3 aliphatic rings. The highest BCUT2D eigenvalue weighted by Crippen LogP contribution is 2.61. The van der Waals surface area contributed by atoms with Crippen LogP contribution in [0.1, 0.15) is 26.7 Å². The van der Waals surface area contributed by atoms with Crippen molar-refractivity contribution >= 4 is 50.9 Å². The van der Waals surface area contributed by atoms with Crippen LogP contribution in [0.5, 0.6) is 0 Å². The Morgan fingerprint density at radius 3 is 2.58 bits per heavy atom. The quantitative estimate of drug-likeness (QED) is 0.307. The lowest BCUT2D eigenvalue weighted by Crippen LogP contribution is -2.59. The molecular weight excluding hydrogens is 574 g/mol. The van der Waals surface area contributed by atoms with Gasteiger partial charge in [-0.25, -0.2) is 0 Å². The number of likely N-dealkylation sites (tertiary alicyclic amines) is 1. The Morgan fingerprint density at radius 2 is 1.97 bits per heavy atom. The number of nitrogens with zero attached hydrogens (tertiary/aromatic N) is 3. The van der Waals surface area contributed by atoms with Crippen LogP contribution in [0.3, 0.4) is 0 Å². The molecule has 3 unspecified atom stereocenters. The molecule has 0 aromatic heterocycles. The maximum atomic E-state index is 14.5. The van der Waals surface area contributed by atoms with Crippen LogP contribution in [0, 0.1) is 11.8 Å². The molecular formula is C28H35BrClN3O5. The fourth-order valence-corrected chi connectivity index (χ4v) is 7.55. The number of aliphatic hydroxyl groups is 1. The van der Waals surface area contributed by atoms with Gasteiger partial charge in [-0.2, -0.15) is 0 Å². The molecule has 10 heteroatoms. The SMILES string of the molecule is C=CCN(CCC)C(=O)[C@H]1[C@@H]2OC3(CC2Br)C(C(=O)N(CC=C)c2ccccc2Cl)N([C@H](C)CO)C(=O)[C@H]13. The molecule has 206 valence electrons. The Hall–Kier alpha value is -2.20. The van der Waals surface area contributed by atoms with Crippen LogP contribution in [-0.4, -0.2) is 87.5 Å². The smallest absolute Gasteiger partial charge is 0.253 e. The molecule has 3 amide bonds. The van der Waals surface area contributed by atoms with Crippen LogP contribution in [0.4, 0.5) is 5.69 Å². The number of hydrogen-bond acceptors (Lipinski definition) is 5. The number of anilines is 1. The third-order valence-corrected chi connectivity index (χ3v) is 9.03. The molecule has 1 spiro atoms. The van der Waals surface area contributed by atoms with Crippen molar-refractivity contribution in [1.82, 2.24) is 9.80 Å². The Balaban J connectivity index is 1.82. The van der Waals surface area contributed by atoms with E-state index in [0.29, 0.717) is 30.2 Å². The highest BCUT2D eigenvalue weighted by Gasteiger charge is 2.77. The number of hydrogen-bond donors (Lipinski definition) is 1. The third-order valence-electron chi connectivity index (χ3n) is 7.86. The molecule has 1 aromatic rings. The lowest BCUT2D eigenvalue weighted by molar-refractivity contribution is -0.147. The van der Waals surface area contributed by atoms with Crippen molar-refractivity contribution in [3.63, 3.8) is 0 Å². The first-order valence-electron chi connectivity index (χ1n) is 13.0. The van der Waals surface area contributed by atoms with E-state index in [2.05, 4.69) is 29.1 Å². The van der Waals surface area contributed by atoms with Gasteiger partial charge < -0.3 is 24.5 Å². The third kappa shape index (κ3) is 4.51. The summed E-state index contributed by atoms with van der Waals surface area (Å²) in [6.07, 6.45) is 3.83. The Kier molecular flexibility index (Phi) is 8.71. The first kappa shape index (κ1) is 28.8. The fraction of sp³-hybridized carbons (Fsp3) is 0.536. The molecule has 0 aliphatic carbocycles. The number of amides is 3. The molecule has 8 nitrogen and oxygen atoms in total. The lowest BCUT2D eigenvalue weighted by atomic mass is 9.70. The zero-order valence-electron chi connectivity index (χ0n) is 21.8. The minimum atomic E-state index is -1.23. The van der Waals surface area contributed by atoms with Gasteiger partial charge in [0.15, 0.2) is 0 Å². The summed E-state index contributed by atoms with van der Waals surface area (Å²) >= 11 is 10.2. The number of alkyl halides is 1. The highest BCUT2D eigenvalue weighted by atomic mass is 79.9. The summed E-state index contributed by atoms with van der Waals surface area (Å²) in [6, 6.07) is 5.26. The van der Waals surface area contributed by atoms with Gasteiger partial charge in [0.25, 0.3) is 5.91 Å². The minimum Gasteiger partial charge on any atom is -0.394 e. The van der Waals surface area contributed by atoms with E-state index in [0.717, 1.165) is 6.42 Å². The second-order valence-electron chi connectivity index (χ2n) is 10.2. The zero-order chi connectivity index (χ0) is 27.8. The number of carbonyl (C=O) groups excluding carboxylic acids is 3. The molecule has 7 atom stereocenters. The number of halogens is 2. The Labute approximate surface area is 237 Å². The number of rotatable bonds is 11. The van der Waals surface area contributed by atoms with Crippen LogP contribution < -0.4 is 4.90 Å². The summed E-state index contributed by atoms with van der Waals surface area (Å²) < 4.78 is 6.59. The molecule has 1 aromatic carbocycles. The van der Waals surface area contributed by atoms with Gasteiger partial charge in [-0.05, 0) is 31.9 Å². The predicted molar refractivity (Wildman–Crippen MR) is 150 cm³/mol. The normalized spacial score (nSPS) is 30.2. The van der Waals surface area contributed by atoms with Gasteiger partial charge in [0.1, 0.15) is 11.6 Å². The van der Waals surface area contributed by atoms with E-state index in [-0.39, 0.29) is 35.7 Å². The van der Waals surface area contributed by atoms with Crippen LogP contribution in [-0.2, 0) is 19.1 Å². The number of aliphatic hydroxyl groups excluding tert-OH is 1. The molecule has 3 aliphatic heterocycles. The van der Waals surface area contributed by atoms with E-state index in [1.54, 1.807) is 48.2 Å². The van der Waals surface area contributed by atoms with E-state index < -0.39 is 35.6 Å². The second kappa shape index (κ2) is 11.5. The van der Waals surface area contributed by atoms with Crippen LogP contribution in [0.15, 0.2) is 49.6 Å². The van der Waals surface area contributed by atoms with Crippen molar-refractivity contribution in [3.05, 3.63) is 54.6 Å². The molecule has 3 fully saturated rings. The van der Waals surface area contributed by atoms with Crippen LogP contribution in [0.2, 0.25) is 5.02 Å². The standard InChI is InChI=1S/C28H35BrClN3O5/c1-5-12-31(13-6-2)25(35)21-22-26(36)33(17(4)16-34)24(28(22)15-18(29)23(21)38-28)27(37)32(14-7-3)20-11-9-8-10-19(20)30/h5,7-11,17-18,21-24,34H,1,3,6,12-16H2,2,4H3/t17-,18?,21-,22+,23-,24?,28?/m1/s1. The van der Waals surface area contributed by atoms with Gasteiger partial charge >= 0.3 is 0 Å². The maximum Gasteiger partial charge on any atom is 0.253 e. The number of ether oxygens (including phenoxy) is 1. The number of benzene rings is 1. The molecule has 0 saturated carbocycles. The van der Waals surface area contributed by atoms with Crippen molar-refractivity contribution < 1.29 is 24.2 Å². The molecule has 1 N–H and O–H groups in total. The van der Waals surface area contributed by atoms with E-state index in [1.807, 2.05) is 6.92 Å². The van der Waals surface area contributed by atoms with Gasteiger partial charge in [0.2, 0.25) is 11.8 Å². The van der Waals surface area contributed by atoms with Crippen molar-refractivity contribution in [2.45, 2.75) is 55.3 Å². The van der Waals surface area contributed by atoms with Gasteiger partial charge in [-0.1, -0.05) is 58.7 Å². The first-order chi connectivity index (χ1) is 18.2. The summed E-state index contributed by atoms with van der Waals surface area (Å²) in [7, 11) is 0. The van der Waals surface area contributed by atoms with Gasteiger partial charge in [-0.15, -0.1) is 13.2 Å². The highest BCUT2D eigenvalue weighted by molar-refractivity contribution is 9.09. The summed E-state index contributed by atoms with van der Waals surface area (Å²) in [5.41, 5.74) is -0.748. The monoisotopic (exact) mass is 607 g/mol.